The summed E-state index contributed by atoms with van der Waals surface area (Å²) < 4.78 is 10.1. The molecule has 0 saturated carbocycles. The number of fused-ring (bicyclic) bond motifs is 1. The number of methoxy groups -OCH3 is 1. The molecule has 7 aromatic rings. The Morgan fingerprint density at radius 3 is 2.33 bits per heavy atom. The number of pyridine rings is 2. The predicted molar refractivity (Wildman–Crippen MR) is 256 cm³/mol. The summed E-state index contributed by atoms with van der Waals surface area (Å²) >= 11 is 0. The number of carbonyl (C=O) groups excluding carboxylic acids is 3. The second-order valence-corrected chi connectivity index (χ2v) is 17.2. The molecule has 0 radical (unpaired) electrons. The lowest BCUT2D eigenvalue weighted by Gasteiger charge is -2.36. The summed E-state index contributed by atoms with van der Waals surface area (Å²) in [4.78, 5) is 69.3. The average molecular weight is 901 g/mol. The molecule has 1 unspecified atom stereocenters. The van der Waals surface area contributed by atoms with Gasteiger partial charge in [-0.25, -0.2) is 23.8 Å². The van der Waals surface area contributed by atoms with Crippen LogP contribution < -0.4 is 30.4 Å². The number of imide groups is 1. The number of urea groups is 1. The van der Waals surface area contributed by atoms with E-state index in [9.17, 15) is 19.2 Å². The fourth-order valence-corrected chi connectivity index (χ4v) is 9.90. The predicted octanol–water partition coefficient (Wildman–Crippen LogP) is 5.48. The minimum Gasteiger partial charge on any atom is -0.467 e. The Morgan fingerprint density at radius 2 is 1.58 bits per heavy atom. The van der Waals surface area contributed by atoms with Crippen molar-refractivity contribution in [2.24, 2.45) is 14.1 Å². The summed E-state index contributed by atoms with van der Waals surface area (Å²) in [7, 11) is 5.02. The number of piperazine rings is 1. The number of nitrogens with one attached hydrogen (secondary N) is 1. The van der Waals surface area contributed by atoms with E-state index in [1.807, 2.05) is 60.3 Å². The monoisotopic (exact) mass is 900 g/mol. The van der Waals surface area contributed by atoms with E-state index in [4.69, 9.17) is 14.8 Å². The van der Waals surface area contributed by atoms with E-state index in [-0.39, 0.29) is 29.5 Å². The number of rotatable bonds is 12. The van der Waals surface area contributed by atoms with Gasteiger partial charge in [0.25, 0.3) is 0 Å². The Morgan fingerprint density at radius 1 is 0.776 bits per heavy atom. The third-order valence-electron chi connectivity index (χ3n) is 13.4. The zero-order valence-corrected chi connectivity index (χ0v) is 38.1. The molecule has 4 amide bonds. The Balaban J connectivity index is 0.887. The molecule has 3 aromatic carbocycles. The first-order valence-electron chi connectivity index (χ1n) is 22.8. The number of para-hydroxylation sites is 1. The molecule has 17 heteroatoms. The largest absolute Gasteiger partial charge is 0.467 e. The van der Waals surface area contributed by atoms with Gasteiger partial charge in [0.15, 0.2) is 0 Å². The van der Waals surface area contributed by atoms with Crippen molar-refractivity contribution in [3.8, 4) is 34.0 Å². The lowest BCUT2D eigenvalue weighted by molar-refractivity contribution is -0.134. The lowest BCUT2D eigenvalue weighted by atomic mass is 9.90. The van der Waals surface area contributed by atoms with Crippen LogP contribution in [0.15, 0.2) is 102 Å². The van der Waals surface area contributed by atoms with Gasteiger partial charge in [0, 0.05) is 89.7 Å². The van der Waals surface area contributed by atoms with Crippen molar-refractivity contribution in [2.45, 2.75) is 38.5 Å². The molecule has 10 rings (SSSR count). The van der Waals surface area contributed by atoms with Gasteiger partial charge >= 0.3 is 17.7 Å². The summed E-state index contributed by atoms with van der Waals surface area (Å²) in [5, 5.41) is 12.5. The maximum absolute atomic E-state index is 13.9. The number of amides is 4. The molecule has 3 saturated heterocycles. The second-order valence-electron chi connectivity index (χ2n) is 17.2. The summed E-state index contributed by atoms with van der Waals surface area (Å²) in [6.07, 6.45) is 7.43. The first-order valence-corrected chi connectivity index (χ1v) is 22.8. The summed E-state index contributed by atoms with van der Waals surface area (Å²) in [6.45, 7) is 7.49. The quantitative estimate of drug-likeness (QED) is 0.154. The Bertz CT molecular complexity index is 3080. The maximum atomic E-state index is 13.9. The van der Waals surface area contributed by atoms with Crippen molar-refractivity contribution in [3.05, 3.63) is 125 Å². The van der Waals surface area contributed by atoms with E-state index in [2.05, 4.69) is 62.5 Å². The topological polar surface area (TPSA) is 169 Å². The highest BCUT2D eigenvalue weighted by molar-refractivity contribution is 6.07. The number of hydrogen-bond acceptors (Lipinski definition) is 11. The standard InChI is InChI=1S/C50H52N12O5/c1-5-36-38(19-22-52-46(36)61-29-28-60(50(61)66)35-8-7-21-51-31-35)37-16-15-34(62-48(67-4)55-57(3)49(62)65)30-41(37)33-13-11-32(12-14-33)20-23-58-24-26-59(27-25-58)42-10-6-9-39-44(54-56(2)45(39)42)40-17-18-43(63)53-47(40)64/h6-16,19,21-22,30-31,40H,5,17-18,20,23-29H2,1-4H3,(H,53,63,64). The van der Waals surface area contributed by atoms with Gasteiger partial charge in [-0.2, -0.15) is 5.10 Å². The number of carbonyl (C=O) groups is 3. The van der Waals surface area contributed by atoms with Crippen LogP contribution in [-0.4, -0.2) is 110 Å². The molecule has 1 atom stereocenters. The fraction of sp³-hybridized carbons (Fsp3) is 0.320. The van der Waals surface area contributed by atoms with Crippen LogP contribution in [0.25, 0.3) is 38.8 Å². The number of ether oxygens (including phenoxy) is 1. The SMILES string of the molecule is CCc1c(-c2ccc(-n3c(OC)nn(C)c3=O)cc2-c2ccc(CCN3CCN(c4cccc5c(C6CCC(=O)NC6=O)nn(C)c45)CC3)cc2)ccnc1N1CCN(c2cccnc2)C1=O. The van der Waals surface area contributed by atoms with E-state index in [0.717, 1.165) is 94.9 Å². The number of benzene rings is 3. The van der Waals surface area contributed by atoms with E-state index < -0.39 is 5.92 Å². The fourth-order valence-electron chi connectivity index (χ4n) is 9.90. The van der Waals surface area contributed by atoms with Gasteiger partial charge < -0.3 is 9.64 Å². The molecule has 342 valence electrons. The van der Waals surface area contributed by atoms with E-state index in [0.29, 0.717) is 43.9 Å². The van der Waals surface area contributed by atoms with E-state index >= 15 is 0 Å². The zero-order valence-electron chi connectivity index (χ0n) is 38.1. The van der Waals surface area contributed by atoms with Crippen molar-refractivity contribution >= 4 is 45.9 Å². The molecule has 1 N–H and O–H groups in total. The second kappa shape index (κ2) is 18.0. The molecule has 7 heterocycles. The number of aromatic nitrogens is 7. The summed E-state index contributed by atoms with van der Waals surface area (Å²) in [5.41, 5.74) is 9.77. The molecule has 0 spiro atoms. The van der Waals surface area contributed by atoms with Crippen LogP contribution >= 0.6 is 0 Å². The van der Waals surface area contributed by atoms with Crippen LogP contribution in [0.3, 0.4) is 0 Å². The highest BCUT2D eigenvalue weighted by Crippen LogP contribution is 2.40. The molecule has 67 heavy (non-hydrogen) atoms. The number of hydrogen-bond donors (Lipinski definition) is 1. The molecular weight excluding hydrogens is 849 g/mol. The normalized spacial score (nSPS) is 16.9. The molecular formula is C50H52N12O5. The molecule has 3 aliphatic heterocycles. The Hall–Kier alpha value is -7.66. The minimum absolute atomic E-state index is 0.145. The van der Waals surface area contributed by atoms with Crippen LogP contribution in [0.4, 0.5) is 22.0 Å². The van der Waals surface area contributed by atoms with Crippen molar-refractivity contribution in [1.82, 2.24) is 44.3 Å². The van der Waals surface area contributed by atoms with E-state index in [1.54, 1.807) is 35.4 Å². The molecule has 0 bridgehead atoms. The van der Waals surface area contributed by atoms with Crippen molar-refractivity contribution in [1.29, 1.82) is 0 Å². The van der Waals surface area contributed by atoms with Gasteiger partial charge in [0.1, 0.15) is 5.82 Å². The number of anilines is 3. The van der Waals surface area contributed by atoms with Gasteiger partial charge in [0.05, 0.1) is 47.5 Å². The number of piperidine rings is 1. The minimum atomic E-state index is -0.445. The molecule has 0 aliphatic carbocycles. The van der Waals surface area contributed by atoms with Crippen molar-refractivity contribution < 1.29 is 19.1 Å². The molecule has 3 fully saturated rings. The summed E-state index contributed by atoms with van der Waals surface area (Å²) in [6, 6.07) is 26.5. The van der Waals surface area contributed by atoms with E-state index in [1.165, 1.54) is 21.9 Å². The van der Waals surface area contributed by atoms with Crippen LogP contribution in [-0.2, 0) is 36.5 Å². The molecule has 4 aromatic heterocycles. The van der Waals surface area contributed by atoms with Crippen LogP contribution in [0.1, 0.15) is 42.5 Å². The van der Waals surface area contributed by atoms with Gasteiger partial charge in [0.2, 0.25) is 11.8 Å². The first-order chi connectivity index (χ1) is 32.6. The Labute approximate surface area is 387 Å². The van der Waals surface area contributed by atoms with Crippen molar-refractivity contribution in [2.75, 3.05) is 67.6 Å². The zero-order chi connectivity index (χ0) is 46.3. The highest BCUT2D eigenvalue weighted by atomic mass is 16.5. The average Bonchev–Trinajstić information content (AvgIpc) is 4.01. The third-order valence-corrected chi connectivity index (χ3v) is 13.4. The van der Waals surface area contributed by atoms with Crippen LogP contribution in [0.2, 0.25) is 0 Å². The van der Waals surface area contributed by atoms with Crippen LogP contribution in [0.5, 0.6) is 6.01 Å². The molecule has 3 aliphatic rings. The Kier molecular flexibility index (Phi) is 11.6. The van der Waals surface area contributed by atoms with Gasteiger partial charge in [-0.15, -0.1) is 5.10 Å². The van der Waals surface area contributed by atoms with Gasteiger partial charge in [-0.3, -0.25) is 39.3 Å². The lowest BCUT2D eigenvalue weighted by Crippen LogP contribution is -2.47. The van der Waals surface area contributed by atoms with Crippen molar-refractivity contribution in [3.63, 3.8) is 0 Å². The number of aryl methyl sites for hydroxylation is 2. The highest BCUT2D eigenvalue weighted by Gasteiger charge is 2.35. The molecule has 17 nitrogen and oxygen atoms in total. The third kappa shape index (κ3) is 7.98. The van der Waals surface area contributed by atoms with Crippen LogP contribution in [0, 0.1) is 0 Å². The van der Waals surface area contributed by atoms with Gasteiger partial charge in [-0.1, -0.05) is 49.4 Å². The smallest absolute Gasteiger partial charge is 0.353 e. The number of nitrogens with zero attached hydrogens (tertiary/aromatic N) is 11. The summed E-state index contributed by atoms with van der Waals surface area (Å²) in [5.74, 6) is -0.328. The maximum Gasteiger partial charge on any atom is 0.353 e. The van der Waals surface area contributed by atoms with Gasteiger partial charge in [-0.05, 0) is 83.5 Å². The first kappa shape index (κ1) is 43.2.